The maximum atomic E-state index is 12.7. The average molecular weight is 362 g/mol. The highest BCUT2D eigenvalue weighted by Crippen LogP contribution is 2.36. The molecule has 26 heavy (non-hydrogen) atoms. The standard InChI is InChI=1S/C20H19F3NO2/c1-24-9-8-14-10-18-19(26-12-25-18)11-16(14)17(24)7-4-13-2-5-15(6-3-13)20(21,22)23/h2-3,5-6,10-11H,4,7-9,12H2,1H3/q+1. The molecule has 0 atom stereocenters. The van der Waals surface area contributed by atoms with Crippen LogP contribution in [-0.2, 0) is 19.0 Å². The van der Waals surface area contributed by atoms with Gasteiger partial charge < -0.3 is 9.47 Å². The van der Waals surface area contributed by atoms with Crippen LogP contribution < -0.4 is 9.47 Å². The lowest BCUT2D eigenvalue weighted by atomic mass is 9.92. The zero-order valence-corrected chi connectivity index (χ0v) is 14.4. The predicted molar refractivity (Wildman–Crippen MR) is 91.2 cm³/mol. The number of aryl methyl sites for hydroxylation is 1. The minimum absolute atomic E-state index is 0.245. The predicted octanol–water partition coefficient (Wildman–Crippen LogP) is 4.05. The maximum absolute atomic E-state index is 12.7. The van der Waals surface area contributed by atoms with Crippen LogP contribution in [0.25, 0.3) is 0 Å². The highest BCUT2D eigenvalue weighted by Gasteiger charge is 2.30. The summed E-state index contributed by atoms with van der Waals surface area (Å²) in [7, 11) is 2.05. The number of rotatable bonds is 3. The molecule has 2 aliphatic heterocycles. The molecule has 2 aromatic rings. The van der Waals surface area contributed by atoms with Gasteiger partial charge in [0.15, 0.2) is 17.2 Å². The monoisotopic (exact) mass is 362 g/mol. The molecule has 0 aromatic heterocycles. The molecule has 2 aromatic carbocycles. The number of nitrogens with zero attached hydrogens (tertiary/aromatic N) is 1. The molecule has 0 saturated carbocycles. The molecule has 0 radical (unpaired) electrons. The molecule has 0 spiro atoms. The minimum Gasteiger partial charge on any atom is -0.454 e. The van der Waals surface area contributed by atoms with Crippen LogP contribution in [-0.4, -0.2) is 30.7 Å². The fourth-order valence-electron chi connectivity index (χ4n) is 3.54. The third-order valence-electron chi connectivity index (χ3n) is 5.02. The maximum Gasteiger partial charge on any atom is 0.416 e. The van der Waals surface area contributed by atoms with Crippen LogP contribution in [0.2, 0.25) is 0 Å². The van der Waals surface area contributed by atoms with E-state index in [0.29, 0.717) is 6.42 Å². The molecule has 4 rings (SSSR count). The summed E-state index contributed by atoms with van der Waals surface area (Å²) in [6, 6.07) is 9.49. The summed E-state index contributed by atoms with van der Waals surface area (Å²) in [6.07, 6.45) is -1.91. The minimum atomic E-state index is -4.29. The van der Waals surface area contributed by atoms with Gasteiger partial charge in [0.25, 0.3) is 0 Å². The smallest absolute Gasteiger partial charge is 0.416 e. The van der Waals surface area contributed by atoms with Gasteiger partial charge in [-0.1, -0.05) is 12.1 Å². The summed E-state index contributed by atoms with van der Waals surface area (Å²) in [4.78, 5) is 0. The van der Waals surface area contributed by atoms with Gasteiger partial charge in [-0.3, -0.25) is 0 Å². The summed E-state index contributed by atoms with van der Waals surface area (Å²) >= 11 is 0. The molecule has 0 amide bonds. The lowest BCUT2D eigenvalue weighted by Gasteiger charge is -2.17. The molecular formula is C20H19F3NO2+. The lowest BCUT2D eigenvalue weighted by Crippen LogP contribution is -2.27. The fourth-order valence-corrected chi connectivity index (χ4v) is 3.54. The van der Waals surface area contributed by atoms with Crippen molar-refractivity contribution in [2.24, 2.45) is 0 Å². The number of ether oxygens (including phenoxy) is 2. The van der Waals surface area contributed by atoms with Crippen LogP contribution in [0.15, 0.2) is 36.4 Å². The van der Waals surface area contributed by atoms with Crippen LogP contribution in [0, 0.1) is 0 Å². The lowest BCUT2D eigenvalue weighted by molar-refractivity contribution is -0.499. The normalized spacial score (nSPS) is 16.0. The first-order chi connectivity index (χ1) is 12.4. The van der Waals surface area contributed by atoms with Crippen molar-refractivity contribution in [3.8, 4) is 11.5 Å². The Balaban J connectivity index is 1.55. The van der Waals surface area contributed by atoms with E-state index >= 15 is 0 Å². The third-order valence-corrected chi connectivity index (χ3v) is 5.02. The highest BCUT2D eigenvalue weighted by atomic mass is 19.4. The Bertz CT molecular complexity index is 870. The first kappa shape index (κ1) is 16.9. The molecule has 3 nitrogen and oxygen atoms in total. The van der Waals surface area contributed by atoms with Crippen LogP contribution >= 0.6 is 0 Å². The largest absolute Gasteiger partial charge is 0.454 e. The van der Waals surface area contributed by atoms with Crippen molar-refractivity contribution >= 4 is 5.71 Å². The second-order valence-electron chi connectivity index (χ2n) is 6.68. The molecule has 2 heterocycles. The number of benzene rings is 2. The summed E-state index contributed by atoms with van der Waals surface area (Å²) in [5.74, 6) is 1.54. The summed E-state index contributed by atoms with van der Waals surface area (Å²) in [5.41, 5.74) is 3.85. The highest BCUT2D eigenvalue weighted by molar-refractivity contribution is 5.99. The zero-order chi connectivity index (χ0) is 18.3. The van der Waals surface area contributed by atoms with Crippen molar-refractivity contribution in [3.05, 3.63) is 58.7 Å². The molecule has 0 fully saturated rings. The van der Waals surface area contributed by atoms with E-state index in [9.17, 15) is 13.2 Å². The van der Waals surface area contributed by atoms with Crippen molar-refractivity contribution in [2.45, 2.75) is 25.4 Å². The first-order valence-electron chi connectivity index (χ1n) is 8.58. The van der Waals surface area contributed by atoms with E-state index in [-0.39, 0.29) is 6.79 Å². The molecule has 0 saturated heterocycles. The molecule has 0 unspecified atom stereocenters. The number of likely N-dealkylation sites (N-methyl/N-ethyl adjacent to an activating group) is 1. The number of fused-ring (bicyclic) bond motifs is 2. The van der Waals surface area contributed by atoms with E-state index in [1.165, 1.54) is 11.3 Å². The summed E-state index contributed by atoms with van der Waals surface area (Å²) in [5, 5.41) is 0. The van der Waals surface area contributed by atoms with Crippen molar-refractivity contribution in [2.75, 3.05) is 20.4 Å². The Morgan fingerprint density at radius 2 is 1.69 bits per heavy atom. The molecule has 0 bridgehead atoms. The number of hydrogen-bond donors (Lipinski definition) is 0. The van der Waals surface area contributed by atoms with Gasteiger partial charge in [0, 0.05) is 18.4 Å². The van der Waals surface area contributed by atoms with E-state index in [2.05, 4.69) is 11.6 Å². The Morgan fingerprint density at radius 1 is 1.00 bits per heavy atom. The molecule has 0 N–H and O–H groups in total. The van der Waals surface area contributed by atoms with E-state index < -0.39 is 11.7 Å². The van der Waals surface area contributed by atoms with Crippen LogP contribution in [0.5, 0.6) is 11.5 Å². The van der Waals surface area contributed by atoms with Gasteiger partial charge in [0.2, 0.25) is 6.79 Å². The van der Waals surface area contributed by atoms with Crippen LogP contribution in [0.3, 0.4) is 0 Å². The van der Waals surface area contributed by atoms with E-state index in [4.69, 9.17) is 9.47 Å². The second-order valence-corrected chi connectivity index (χ2v) is 6.68. The van der Waals surface area contributed by atoms with Crippen molar-refractivity contribution in [1.82, 2.24) is 0 Å². The van der Waals surface area contributed by atoms with Gasteiger partial charge in [-0.15, -0.1) is 0 Å². The fraction of sp³-hybridized carbons (Fsp3) is 0.350. The van der Waals surface area contributed by atoms with Crippen molar-refractivity contribution < 1.29 is 27.2 Å². The Morgan fingerprint density at radius 3 is 2.38 bits per heavy atom. The van der Waals surface area contributed by atoms with E-state index in [0.717, 1.165) is 54.1 Å². The first-order valence-corrected chi connectivity index (χ1v) is 8.58. The second kappa shape index (κ2) is 6.34. The summed E-state index contributed by atoms with van der Waals surface area (Å²) < 4.78 is 51.2. The van der Waals surface area contributed by atoms with Crippen LogP contribution in [0.4, 0.5) is 13.2 Å². The van der Waals surface area contributed by atoms with Crippen molar-refractivity contribution in [3.63, 3.8) is 0 Å². The topological polar surface area (TPSA) is 21.5 Å². The quantitative estimate of drug-likeness (QED) is 0.768. The molecule has 2 aliphatic rings. The van der Waals surface area contributed by atoms with Crippen LogP contribution in [0.1, 0.15) is 28.7 Å². The van der Waals surface area contributed by atoms with Gasteiger partial charge in [-0.05, 0) is 41.8 Å². The Labute approximate surface area is 149 Å². The number of halogens is 3. The molecule has 136 valence electrons. The van der Waals surface area contributed by atoms with E-state index in [1.54, 1.807) is 12.1 Å². The molecular weight excluding hydrogens is 343 g/mol. The third kappa shape index (κ3) is 3.16. The Kier molecular flexibility index (Phi) is 4.13. The van der Waals surface area contributed by atoms with Gasteiger partial charge in [0.1, 0.15) is 13.6 Å². The summed E-state index contributed by atoms with van der Waals surface area (Å²) in [6.45, 7) is 1.16. The van der Waals surface area contributed by atoms with Gasteiger partial charge in [-0.25, -0.2) is 4.58 Å². The number of alkyl halides is 3. The zero-order valence-electron chi connectivity index (χ0n) is 14.4. The van der Waals surface area contributed by atoms with Crippen molar-refractivity contribution in [1.29, 1.82) is 0 Å². The average Bonchev–Trinajstić information content (AvgIpc) is 3.06. The van der Waals surface area contributed by atoms with Gasteiger partial charge in [-0.2, -0.15) is 13.2 Å². The van der Waals surface area contributed by atoms with Gasteiger partial charge >= 0.3 is 6.18 Å². The van der Waals surface area contributed by atoms with E-state index in [1.807, 2.05) is 12.1 Å². The molecule has 0 aliphatic carbocycles. The molecule has 6 heteroatoms. The number of hydrogen-bond acceptors (Lipinski definition) is 2. The van der Waals surface area contributed by atoms with Gasteiger partial charge in [0.05, 0.1) is 5.56 Å². The Hall–Kier alpha value is -2.50. The SMILES string of the molecule is C[N+]1=C(CCc2ccc(C(F)(F)F)cc2)c2cc3c(cc2CC1)OCO3.